The summed E-state index contributed by atoms with van der Waals surface area (Å²) in [5, 5.41) is 2.57. The Balaban J connectivity index is 1.48. The van der Waals surface area contributed by atoms with Crippen LogP contribution in [0, 0.1) is 0 Å². The van der Waals surface area contributed by atoms with Crippen LogP contribution in [-0.2, 0) is 5.41 Å². The van der Waals surface area contributed by atoms with Gasteiger partial charge < -0.3 is 4.90 Å². The maximum Gasteiger partial charge on any atom is 0.0714 e. The minimum absolute atomic E-state index is 0.436. The van der Waals surface area contributed by atoms with Crippen LogP contribution in [0.25, 0.3) is 33.0 Å². The molecule has 0 aromatic heterocycles. The van der Waals surface area contributed by atoms with Gasteiger partial charge in [-0.25, -0.2) is 0 Å². The highest BCUT2D eigenvalue weighted by molar-refractivity contribution is 6.17. The number of rotatable bonds is 3. The summed E-state index contributed by atoms with van der Waals surface area (Å²) >= 11 is 0. The molecule has 1 aliphatic heterocycles. The first kappa shape index (κ1) is 23.3. The van der Waals surface area contributed by atoms with Crippen molar-refractivity contribution in [1.82, 2.24) is 0 Å². The second kappa shape index (κ2) is 8.80. The molecule has 1 nitrogen and oxygen atoms in total. The SMILES string of the molecule is c1ccc(N2c3c(ccc4c3-c3ccccc3C4(c3ccccc3)c3ccccc3)-c3cccc4cccc2c34)cc1. The highest BCUT2D eigenvalue weighted by Gasteiger charge is 2.48. The Kier molecular flexibility index (Phi) is 4.88. The van der Waals surface area contributed by atoms with Crippen molar-refractivity contribution in [2.75, 3.05) is 4.90 Å². The van der Waals surface area contributed by atoms with Gasteiger partial charge in [0.2, 0.25) is 0 Å². The van der Waals surface area contributed by atoms with Gasteiger partial charge in [0.15, 0.2) is 0 Å². The van der Waals surface area contributed by atoms with Crippen LogP contribution in [0.15, 0.2) is 164 Å². The van der Waals surface area contributed by atoms with Crippen LogP contribution in [0.2, 0.25) is 0 Å². The Hall–Kier alpha value is -5.40. The van der Waals surface area contributed by atoms with Crippen LogP contribution in [0.5, 0.6) is 0 Å². The second-order valence-corrected chi connectivity index (χ2v) is 11.3. The summed E-state index contributed by atoms with van der Waals surface area (Å²) < 4.78 is 0. The van der Waals surface area contributed by atoms with Crippen LogP contribution in [-0.4, -0.2) is 0 Å². The van der Waals surface area contributed by atoms with Gasteiger partial charge in [-0.15, -0.1) is 0 Å². The van der Waals surface area contributed by atoms with E-state index in [4.69, 9.17) is 0 Å². The molecule has 7 aromatic carbocycles. The standard InChI is InChI=1S/C41H27N/c1-4-16-29(17-5-1)41(30-18-6-2-7-19-30)35-24-11-10-22-34(35)39-36(41)27-26-33-32-23-12-14-28-15-13-25-37(38(28)32)42(40(33)39)31-20-8-3-9-21-31/h1-27H. The van der Waals surface area contributed by atoms with E-state index in [0.29, 0.717) is 0 Å². The molecule has 196 valence electrons. The van der Waals surface area contributed by atoms with Gasteiger partial charge in [0.05, 0.1) is 16.8 Å². The molecule has 9 rings (SSSR count). The van der Waals surface area contributed by atoms with Gasteiger partial charge in [-0.1, -0.05) is 146 Å². The maximum absolute atomic E-state index is 2.51. The molecule has 0 saturated carbocycles. The summed E-state index contributed by atoms with van der Waals surface area (Å²) in [6, 6.07) is 60.2. The fourth-order valence-corrected chi connectivity index (χ4v) is 7.66. The largest absolute Gasteiger partial charge is 0.309 e. The molecule has 2 aliphatic rings. The molecule has 0 unspecified atom stereocenters. The molecule has 7 aromatic rings. The first-order valence-electron chi connectivity index (χ1n) is 14.6. The van der Waals surface area contributed by atoms with E-state index in [2.05, 4.69) is 169 Å². The lowest BCUT2D eigenvalue weighted by molar-refractivity contribution is 0.768. The molecule has 0 radical (unpaired) electrons. The summed E-state index contributed by atoms with van der Waals surface area (Å²) in [6.45, 7) is 0. The molecule has 0 saturated heterocycles. The highest BCUT2D eigenvalue weighted by atomic mass is 15.2. The van der Waals surface area contributed by atoms with Crippen molar-refractivity contribution in [2.45, 2.75) is 5.41 Å². The van der Waals surface area contributed by atoms with Crippen molar-refractivity contribution >= 4 is 27.8 Å². The van der Waals surface area contributed by atoms with E-state index in [0.717, 1.165) is 0 Å². The van der Waals surface area contributed by atoms with E-state index in [1.54, 1.807) is 0 Å². The number of anilines is 3. The molecule has 1 aliphatic carbocycles. The number of hydrogen-bond acceptors (Lipinski definition) is 1. The van der Waals surface area contributed by atoms with Crippen molar-refractivity contribution < 1.29 is 0 Å². The lowest BCUT2D eigenvalue weighted by Crippen LogP contribution is -2.28. The third-order valence-corrected chi connectivity index (χ3v) is 9.25. The van der Waals surface area contributed by atoms with Crippen LogP contribution in [0.1, 0.15) is 22.3 Å². The number of nitrogens with zero attached hydrogens (tertiary/aromatic N) is 1. The molecule has 0 fully saturated rings. The molecular formula is C41H27N. The Morgan fingerprint density at radius 2 is 1.00 bits per heavy atom. The lowest BCUT2D eigenvalue weighted by Gasteiger charge is -2.37. The Morgan fingerprint density at radius 1 is 0.405 bits per heavy atom. The summed E-state index contributed by atoms with van der Waals surface area (Å²) in [5.74, 6) is 0. The van der Waals surface area contributed by atoms with E-state index in [-0.39, 0.29) is 0 Å². The fraction of sp³-hybridized carbons (Fsp3) is 0.0244. The summed E-state index contributed by atoms with van der Waals surface area (Å²) in [5.41, 5.74) is 13.6. The molecule has 0 bridgehead atoms. The first-order chi connectivity index (χ1) is 20.9. The minimum Gasteiger partial charge on any atom is -0.309 e. The van der Waals surface area contributed by atoms with Crippen molar-refractivity contribution in [3.8, 4) is 22.3 Å². The quantitative estimate of drug-likeness (QED) is 0.218. The Morgan fingerprint density at radius 3 is 1.71 bits per heavy atom. The number of para-hydroxylation sites is 1. The molecule has 1 heteroatoms. The fourth-order valence-electron chi connectivity index (χ4n) is 7.66. The third kappa shape index (κ3) is 2.97. The predicted molar refractivity (Wildman–Crippen MR) is 175 cm³/mol. The van der Waals surface area contributed by atoms with Gasteiger partial charge in [-0.3, -0.25) is 0 Å². The topological polar surface area (TPSA) is 3.24 Å². The summed E-state index contributed by atoms with van der Waals surface area (Å²) in [6.07, 6.45) is 0. The second-order valence-electron chi connectivity index (χ2n) is 11.3. The van der Waals surface area contributed by atoms with Crippen molar-refractivity contribution in [3.63, 3.8) is 0 Å². The number of fused-ring (bicyclic) bond motifs is 6. The van der Waals surface area contributed by atoms with Crippen LogP contribution in [0.3, 0.4) is 0 Å². The van der Waals surface area contributed by atoms with Gasteiger partial charge >= 0.3 is 0 Å². The molecule has 0 spiro atoms. The van der Waals surface area contributed by atoms with Crippen LogP contribution >= 0.6 is 0 Å². The molecule has 0 amide bonds. The van der Waals surface area contributed by atoms with E-state index < -0.39 is 5.41 Å². The zero-order chi connectivity index (χ0) is 27.7. The number of benzene rings is 7. The molecule has 1 heterocycles. The molecular weight excluding hydrogens is 506 g/mol. The Labute approximate surface area is 246 Å². The molecule has 0 atom stereocenters. The van der Waals surface area contributed by atoms with Gasteiger partial charge in [0.25, 0.3) is 0 Å². The van der Waals surface area contributed by atoms with Gasteiger partial charge in [0.1, 0.15) is 0 Å². The predicted octanol–water partition coefficient (Wildman–Crippen LogP) is 10.7. The zero-order valence-corrected chi connectivity index (χ0v) is 23.0. The van der Waals surface area contributed by atoms with Crippen molar-refractivity contribution in [3.05, 3.63) is 186 Å². The monoisotopic (exact) mass is 533 g/mol. The minimum atomic E-state index is -0.436. The van der Waals surface area contributed by atoms with E-state index in [1.165, 1.54) is 72.3 Å². The van der Waals surface area contributed by atoms with Crippen LogP contribution < -0.4 is 4.90 Å². The average molecular weight is 534 g/mol. The smallest absolute Gasteiger partial charge is 0.0714 e. The van der Waals surface area contributed by atoms with Gasteiger partial charge in [0, 0.05) is 22.2 Å². The molecule has 42 heavy (non-hydrogen) atoms. The summed E-state index contributed by atoms with van der Waals surface area (Å²) in [7, 11) is 0. The van der Waals surface area contributed by atoms with Crippen molar-refractivity contribution in [1.29, 1.82) is 0 Å². The van der Waals surface area contributed by atoms with Gasteiger partial charge in [-0.2, -0.15) is 0 Å². The maximum atomic E-state index is 2.51. The Bertz CT molecular complexity index is 2080. The summed E-state index contributed by atoms with van der Waals surface area (Å²) in [4.78, 5) is 2.51. The first-order valence-corrected chi connectivity index (χ1v) is 14.6. The zero-order valence-electron chi connectivity index (χ0n) is 23.0. The van der Waals surface area contributed by atoms with E-state index in [1.807, 2.05) is 0 Å². The average Bonchev–Trinajstić information content (AvgIpc) is 3.38. The van der Waals surface area contributed by atoms with E-state index in [9.17, 15) is 0 Å². The third-order valence-electron chi connectivity index (χ3n) is 9.25. The highest BCUT2D eigenvalue weighted by Crippen LogP contribution is 2.63. The van der Waals surface area contributed by atoms with Crippen molar-refractivity contribution in [2.24, 2.45) is 0 Å². The molecule has 0 N–H and O–H groups in total. The lowest BCUT2D eigenvalue weighted by atomic mass is 9.67. The van der Waals surface area contributed by atoms with E-state index >= 15 is 0 Å². The van der Waals surface area contributed by atoms with Gasteiger partial charge in [-0.05, 0) is 57.0 Å². The number of hydrogen-bond donors (Lipinski definition) is 0. The van der Waals surface area contributed by atoms with Crippen LogP contribution in [0.4, 0.5) is 17.1 Å². The normalized spacial score (nSPS) is 13.9.